The average molecular weight is 399 g/mol. The van der Waals surface area contributed by atoms with E-state index in [2.05, 4.69) is 25.0 Å². The maximum absolute atomic E-state index is 13.5. The minimum absolute atomic E-state index is 0.00750. The van der Waals surface area contributed by atoms with Crippen LogP contribution in [-0.4, -0.2) is 44.8 Å². The fraction of sp³-hybridized carbons (Fsp3) is 0.476. The number of thiophene rings is 1. The van der Waals surface area contributed by atoms with Gasteiger partial charge in [-0.3, -0.25) is 4.79 Å². The van der Waals surface area contributed by atoms with Crippen LogP contribution >= 0.6 is 11.3 Å². The molecule has 3 aromatic heterocycles. The van der Waals surface area contributed by atoms with Crippen LogP contribution in [0, 0.1) is 6.92 Å². The molecule has 0 aliphatic carbocycles. The van der Waals surface area contributed by atoms with Gasteiger partial charge in [0, 0.05) is 29.5 Å². The van der Waals surface area contributed by atoms with Crippen LogP contribution < -0.4 is 0 Å². The highest BCUT2D eigenvalue weighted by Crippen LogP contribution is 2.23. The number of ether oxygens (including phenoxy) is 1. The molecule has 0 saturated carbocycles. The zero-order valence-electron chi connectivity index (χ0n) is 16.6. The van der Waals surface area contributed by atoms with Crippen molar-refractivity contribution in [3.05, 3.63) is 45.9 Å². The molecule has 4 rings (SSSR count). The summed E-state index contributed by atoms with van der Waals surface area (Å²) in [6.07, 6.45) is 3.98. The molecule has 1 unspecified atom stereocenters. The monoisotopic (exact) mass is 398 g/mol. The largest absolute Gasteiger partial charge is 0.376 e. The van der Waals surface area contributed by atoms with E-state index in [4.69, 9.17) is 9.72 Å². The van der Waals surface area contributed by atoms with Crippen LogP contribution in [0.15, 0.2) is 29.8 Å². The molecule has 1 atom stereocenters. The normalized spacial score (nSPS) is 16.9. The molecule has 1 amide bonds. The molecule has 1 fully saturated rings. The number of fused-ring (bicyclic) bond motifs is 1. The maximum Gasteiger partial charge on any atom is 0.256 e. The predicted molar refractivity (Wildman–Crippen MR) is 111 cm³/mol. The Hall–Kier alpha value is -2.25. The Morgan fingerprint density at radius 2 is 2.32 bits per heavy atom. The summed E-state index contributed by atoms with van der Waals surface area (Å²) < 4.78 is 7.69. The first-order chi connectivity index (χ1) is 13.5. The lowest BCUT2D eigenvalue weighted by atomic mass is 10.1. The van der Waals surface area contributed by atoms with Gasteiger partial charge in [0.2, 0.25) is 0 Å². The zero-order chi connectivity index (χ0) is 19.7. The molecule has 0 N–H and O–H groups in total. The number of hydrogen-bond donors (Lipinski definition) is 0. The molecular weight excluding hydrogens is 372 g/mol. The lowest BCUT2D eigenvalue weighted by Crippen LogP contribution is -2.37. The summed E-state index contributed by atoms with van der Waals surface area (Å²) >= 11 is 1.67. The van der Waals surface area contributed by atoms with Crippen LogP contribution in [0.5, 0.6) is 0 Å². The molecule has 1 saturated heterocycles. The Kier molecular flexibility index (Phi) is 5.46. The lowest BCUT2D eigenvalue weighted by Gasteiger charge is -2.25. The van der Waals surface area contributed by atoms with Gasteiger partial charge in [0.25, 0.3) is 5.91 Å². The van der Waals surface area contributed by atoms with Crippen molar-refractivity contribution in [1.29, 1.82) is 0 Å². The fourth-order valence-electron chi connectivity index (χ4n) is 3.67. The highest BCUT2D eigenvalue weighted by molar-refractivity contribution is 7.09. The van der Waals surface area contributed by atoms with Crippen LogP contribution in [0.25, 0.3) is 11.0 Å². The lowest BCUT2D eigenvalue weighted by molar-refractivity contribution is 0.0509. The van der Waals surface area contributed by atoms with Gasteiger partial charge < -0.3 is 9.64 Å². The molecular formula is C21H26N4O2S. The van der Waals surface area contributed by atoms with Crippen LogP contribution in [0.4, 0.5) is 0 Å². The summed E-state index contributed by atoms with van der Waals surface area (Å²) in [5, 5.41) is 7.38. The summed E-state index contributed by atoms with van der Waals surface area (Å²) in [7, 11) is 0. The summed E-state index contributed by atoms with van der Waals surface area (Å²) in [4.78, 5) is 21.3. The second-order valence-corrected chi connectivity index (χ2v) is 8.65. The standard InChI is InChI=1S/C21H26N4O2S/c1-14(2)25-20-16(11-22-25)10-19(15(3)23-20)21(26)24(12-17-6-4-8-27-17)13-18-7-5-9-28-18/h5,7,9-11,14,17H,4,6,8,12-13H2,1-3H3. The van der Waals surface area contributed by atoms with Gasteiger partial charge in [0.05, 0.1) is 30.1 Å². The van der Waals surface area contributed by atoms with Crippen molar-refractivity contribution in [3.8, 4) is 0 Å². The number of rotatable bonds is 6. The molecule has 0 aromatic carbocycles. The Labute approximate surface area is 169 Å². The Balaban J connectivity index is 1.65. The van der Waals surface area contributed by atoms with Crippen molar-refractivity contribution >= 4 is 28.3 Å². The topological polar surface area (TPSA) is 60.2 Å². The van der Waals surface area contributed by atoms with E-state index in [0.717, 1.165) is 36.2 Å². The minimum Gasteiger partial charge on any atom is -0.376 e. The highest BCUT2D eigenvalue weighted by atomic mass is 32.1. The second-order valence-electron chi connectivity index (χ2n) is 7.62. The number of pyridine rings is 1. The summed E-state index contributed by atoms with van der Waals surface area (Å²) in [5.41, 5.74) is 2.21. The smallest absolute Gasteiger partial charge is 0.256 e. The predicted octanol–water partition coefficient (Wildman–Crippen LogP) is 4.20. The number of hydrogen-bond acceptors (Lipinski definition) is 5. The molecule has 4 heterocycles. The summed E-state index contributed by atoms with van der Waals surface area (Å²) in [6.45, 7) is 8.05. The van der Waals surface area contributed by atoms with Crippen molar-refractivity contribution in [2.24, 2.45) is 0 Å². The number of nitrogens with zero attached hydrogens (tertiary/aromatic N) is 4. The van der Waals surface area contributed by atoms with Crippen LogP contribution in [0.2, 0.25) is 0 Å². The van der Waals surface area contributed by atoms with Crippen molar-refractivity contribution in [2.45, 2.75) is 52.3 Å². The van der Waals surface area contributed by atoms with Crippen LogP contribution in [0.3, 0.4) is 0 Å². The molecule has 0 bridgehead atoms. The van der Waals surface area contributed by atoms with Gasteiger partial charge in [-0.2, -0.15) is 5.10 Å². The van der Waals surface area contributed by atoms with Crippen molar-refractivity contribution in [3.63, 3.8) is 0 Å². The number of carbonyl (C=O) groups is 1. The van der Waals surface area contributed by atoms with Gasteiger partial charge in [-0.05, 0) is 51.1 Å². The average Bonchev–Trinajstić information content (AvgIpc) is 3.41. The Bertz CT molecular complexity index is 958. The molecule has 7 heteroatoms. The van der Waals surface area contributed by atoms with E-state index in [1.165, 1.54) is 4.88 Å². The van der Waals surface area contributed by atoms with E-state index in [9.17, 15) is 4.79 Å². The minimum atomic E-state index is 0.00750. The highest BCUT2D eigenvalue weighted by Gasteiger charge is 2.26. The van der Waals surface area contributed by atoms with Gasteiger partial charge in [-0.25, -0.2) is 9.67 Å². The van der Waals surface area contributed by atoms with E-state index in [-0.39, 0.29) is 18.1 Å². The van der Waals surface area contributed by atoms with E-state index < -0.39 is 0 Å². The first-order valence-electron chi connectivity index (χ1n) is 9.81. The third-order valence-corrected chi connectivity index (χ3v) is 6.00. The zero-order valence-corrected chi connectivity index (χ0v) is 17.4. The van der Waals surface area contributed by atoms with Gasteiger partial charge in [-0.15, -0.1) is 11.3 Å². The number of aromatic nitrogens is 3. The molecule has 3 aromatic rings. The van der Waals surface area contributed by atoms with E-state index in [1.54, 1.807) is 17.5 Å². The third-order valence-electron chi connectivity index (χ3n) is 5.14. The molecule has 0 spiro atoms. The van der Waals surface area contributed by atoms with Crippen LogP contribution in [-0.2, 0) is 11.3 Å². The van der Waals surface area contributed by atoms with Gasteiger partial charge in [0.1, 0.15) is 0 Å². The maximum atomic E-state index is 13.5. The number of amides is 1. The molecule has 6 nitrogen and oxygen atoms in total. The second kappa shape index (κ2) is 8.01. The third kappa shape index (κ3) is 3.82. The number of carbonyl (C=O) groups excluding carboxylic acids is 1. The number of aryl methyl sites for hydroxylation is 1. The molecule has 148 valence electrons. The summed E-state index contributed by atoms with van der Waals surface area (Å²) in [5.74, 6) is 0.00750. The summed E-state index contributed by atoms with van der Waals surface area (Å²) in [6, 6.07) is 6.25. The molecule has 0 radical (unpaired) electrons. The quantitative estimate of drug-likeness (QED) is 0.624. The molecule has 28 heavy (non-hydrogen) atoms. The van der Waals surface area contributed by atoms with Crippen molar-refractivity contribution in [2.75, 3.05) is 13.2 Å². The molecule has 1 aliphatic heterocycles. The van der Waals surface area contributed by atoms with Crippen molar-refractivity contribution in [1.82, 2.24) is 19.7 Å². The SMILES string of the molecule is Cc1nc2c(cnn2C(C)C)cc1C(=O)N(Cc1cccs1)CC1CCCO1. The van der Waals surface area contributed by atoms with Gasteiger partial charge in [0.15, 0.2) is 5.65 Å². The Morgan fingerprint density at radius 1 is 1.46 bits per heavy atom. The van der Waals surface area contributed by atoms with E-state index in [1.807, 2.05) is 34.0 Å². The van der Waals surface area contributed by atoms with Gasteiger partial charge >= 0.3 is 0 Å². The first kappa shape index (κ1) is 19.1. The first-order valence-corrected chi connectivity index (χ1v) is 10.7. The van der Waals surface area contributed by atoms with Crippen molar-refractivity contribution < 1.29 is 9.53 Å². The van der Waals surface area contributed by atoms with Crippen LogP contribution in [0.1, 0.15) is 53.7 Å². The van der Waals surface area contributed by atoms with E-state index >= 15 is 0 Å². The van der Waals surface area contributed by atoms with Gasteiger partial charge in [-0.1, -0.05) is 6.07 Å². The van der Waals surface area contributed by atoms with E-state index in [0.29, 0.717) is 18.7 Å². The molecule has 1 aliphatic rings. The Morgan fingerprint density at radius 3 is 3.00 bits per heavy atom. The fourth-order valence-corrected chi connectivity index (χ4v) is 4.39.